The zero-order chi connectivity index (χ0) is 11.4. The van der Waals surface area contributed by atoms with Crippen LogP contribution in [0.2, 0.25) is 0 Å². The highest BCUT2D eigenvalue weighted by molar-refractivity contribution is 9.11. The van der Waals surface area contributed by atoms with Crippen molar-refractivity contribution in [2.24, 2.45) is 0 Å². The summed E-state index contributed by atoms with van der Waals surface area (Å²) in [4.78, 5) is 24.4. The first-order valence-corrected chi connectivity index (χ1v) is 5.84. The van der Waals surface area contributed by atoms with E-state index >= 15 is 0 Å². The van der Waals surface area contributed by atoms with Crippen molar-refractivity contribution in [2.75, 3.05) is 0 Å². The molecule has 6 heteroatoms. The molecule has 0 radical (unpaired) electrons. The van der Waals surface area contributed by atoms with Crippen LogP contribution in [0.5, 0.6) is 0 Å². The van der Waals surface area contributed by atoms with Crippen LogP contribution < -0.4 is 0 Å². The van der Waals surface area contributed by atoms with Gasteiger partial charge in [0.25, 0.3) is 5.91 Å². The van der Waals surface area contributed by atoms with E-state index in [1.807, 2.05) is 0 Å². The number of imide groups is 1. The molecule has 0 fully saturated rings. The molecule has 0 atom stereocenters. The van der Waals surface area contributed by atoms with Crippen LogP contribution in [-0.4, -0.2) is 22.0 Å². The molecule has 1 aromatic rings. The van der Waals surface area contributed by atoms with Crippen molar-refractivity contribution in [1.29, 1.82) is 0 Å². The summed E-state index contributed by atoms with van der Waals surface area (Å²) in [5.74, 6) is -0.440. The Morgan fingerprint density at radius 3 is 2.67 bits per heavy atom. The topological polar surface area (TPSA) is 57.6 Å². The molecule has 1 N–H and O–H groups in total. The van der Waals surface area contributed by atoms with E-state index in [2.05, 4.69) is 15.9 Å². The van der Waals surface area contributed by atoms with E-state index in [9.17, 15) is 9.59 Å². The molecule has 2 heterocycles. The standard InChI is InChI=1S/C9H8BrNO3S/c1-9(2)6-4(3-5(10)15-6)7(12)11(9)8(13)14/h3H,1-2H3,(H,13,14). The molecule has 0 aliphatic carbocycles. The van der Waals surface area contributed by atoms with Crippen LogP contribution in [0.4, 0.5) is 4.79 Å². The van der Waals surface area contributed by atoms with Crippen LogP contribution in [0, 0.1) is 0 Å². The van der Waals surface area contributed by atoms with Crippen LogP contribution in [-0.2, 0) is 5.54 Å². The molecule has 0 saturated heterocycles. The van der Waals surface area contributed by atoms with E-state index in [1.165, 1.54) is 11.3 Å². The second-order valence-electron chi connectivity index (χ2n) is 3.78. The van der Waals surface area contributed by atoms with Gasteiger partial charge in [-0.25, -0.2) is 9.69 Å². The van der Waals surface area contributed by atoms with Gasteiger partial charge in [-0.1, -0.05) is 0 Å². The molecule has 4 nitrogen and oxygen atoms in total. The van der Waals surface area contributed by atoms with Crippen molar-refractivity contribution in [3.63, 3.8) is 0 Å². The quantitative estimate of drug-likeness (QED) is 0.799. The van der Waals surface area contributed by atoms with Crippen LogP contribution in [0.1, 0.15) is 29.1 Å². The first kappa shape index (κ1) is 10.6. The number of amides is 2. The van der Waals surface area contributed by atoms with E-state index in [0.717, 1.165) is 13.6 Å². The highest BCUT2D eigenvalue weighted by Gasteiger charge is 2.48. The Bertz CT molecular complexity index is 466. The van der Waals surface area contributed by atoms with Crippen molar-refractivity contribution >= 4 is 39.3 Å². The lowest BCUT2D eigenvalue weighted by Crippen LogP contribution is -2.42. The van der Waals surface area contributed by atoms with Gasteiger partial charge in [0.1, 0.15) is 0 Å². The summed E-state index contributed by atoms with van der Waals surface area (Å²) in [6.07, 6.45) is -1.20. The van der Waals surface area contributed by atoms with Crippen molar-refractivity contribution in [1.82, 2.24) is 4.90 Å². The second-order valence-corrected chi connectivity index (χ2v) is 6.21. The van der Waals surface area contributed by atoms with Crippen LogP contribution in [0.15, 0.2) is 9.85 Å². The minimum Gasteiger partial charge on any atom is -0.465 e. The fourth-order valence-corrected chi connectivity index (χ4v) is 3.46. The van der Waals surface area contributed by atoms with E-state index in [0.29, 0.717) is 5.56 Å². The van der Waals surface area contributed by atoms with Crippen LogP contribution >= 0.6 is 27.3 Å². The van der Waals surface area contributed by atoms with Gasteiger partial charge in [0.05, 0.1) is 14.9 Å². The molecular formula is C9H8BrNO3S. The lowest BCUT2D eigenvalue weighted by atomic mass is 10.0. The van der Waals surface area contributed by atoms with Gasteiger partial charge in [-0.05, 0) is 35.8 Å². The first-order valence-electron chi connectivity index (χ1n) is 4.23. The predicted octanol–water partition coefficient (Wildman–Crippen LogP) is 2.88. The summed E-state index contributed by atoms with van der Waals surface area (Å²) >= 11 is 4.69. The third kappa shape index (κ3) is 1.32. The molecule has 1 aliphatic rings. The van der Waals surface area contributed by atoms with Gasteiger partial charge in [0.15, 0.2) is 0 Å². The predicted molar refractivity (Wildman–Crippen MR) is 59.2 cm³/mol. The Hall–Kier alpha value is -0.880. The number of carboxylic acid groups (broad SMARTS) is 1. The van der Waals surface area contributed by atoms with Gasteiger partial charge in [0, 0.05) is 4.88 Å². The molecule has 0 unspecified atom stereocenters. The Balaban J connectivity index is 2.62. The van der Waals surface area contributed by atoms with Gasteiger partial charge in [0.2, 0.25) is 0 Å². The molecule has 0 bridgehead atoms. The summed E-state index contributed by atoms with van der Waals surface area (Å²) in [6.45, 7) is 3.46. The van der Waals surface area contributed by atoms with Crippen molar-refractivity contribution in [3.05, 3.63) is 20.3 Å². The molecule has 80 valence electrons. The first-order chi connectivity index (χ1) is 6.85. The molecule has 0 saturated carbocycles. The largest absolute Gasteiger partial charge is 0.465 e. The van der Waals surface area contributed by atoms with Crippen molar-refractivity contribution in [3.8, 4) is 0 Å². The molecule has 0 spiro atoms. The number of thiophene rings is 1. The average Bonchev–Trinajstić information content (AvgIpc) is 2.52. The van der Waals surface area contributed by atoms with E-state index in [-0.39, 0.29) is 0 Å². The molecule has 1 aromatic heterocycles. The Morgan fingerprint density at radius 2 is 2.20 bits per heavy atom. The smallest absolute Gasteiger partial charge is 0.415 e. The van der Waals surface area contributed by atoms with Crippen molar-refractivity contribution in [2.45, 2.75) is 19.4 Å². The summed E-state index contributed by atoms with van der Waals surface area (Å²) in [5.41, 5.74) is -0.283. The summed E-state index contributed by atoms with van der Waals surface area (Å²) in [5, 5.41) is 8.98. The molecule has 0 aromatic carbocycles. The Labute approximate surface area is 98.6 Å². The number of rotatable bonds is 0. The van der Waals surface area contributed by atoms with Crippen molar-refractivity contribution < 1.29 is 14.7 Å². The maximum atomic E-state index is 11.8. The Kier molecular flexibility index (Phi) is 2.16. The van der Waals surface area contributed by atoms with Gasteiger partial charge < -0.3 is 5.11 Å². The highest BCUT2D eigenvalue weighted by atomic mass is 79.9. The van der Waals surface area contributed by atoms with Crippen LogP contribution in [0.25, 0.3) is 0 Å². The zero-order valence-corrected chi connectivity index (χ0v) is 10.5. The number of hydrogen-bond donors (Lipinski definition) is 1. The molecule has 2 rings (SSSR count). The number of nitrogens with zero attached hydrogens (tertiary/aromatic N) is 1. The third-order valence-electron chi connectivity index (χ3n) is 2.44. The monoisotopic (exact) mass is 289 g/mol. The van der Waals surface area contributed by atoms with E-state index in [4.69, 9.17) is 5.11 Å². The normalized spacial score (nSPS) is 18.1. The molecule has 2 amide bonds. The van der Waals surface area contributed by atoms with Gasteiger partial charge in [-0.2, -0.15) is 0 Å². The van der Waals surface area contributed by atoms with E-state index in [1.54, 1.807) is 19.9 Å². The summed E-state index contributed by atoms with van der Waals surface area (Å²) < 4.78 is 0.846. The highest BCUT2D eigenvalue weighted by Crippen LogP contribution is 2.44. The number of fused-ring (bicyclic) bond motifs is 1. The fourth-order valence-electron chi connectivity index (χ4n) is 1.78. The van der Waals surface area contributed by atoms with Crippen LogP contribution in [0.3, 0.4) is 0 Å². The molecule has 1 aliphatic heterocycles. The Morgan fingerprint density at radius 1 is 1.60 bits per heavy atom. The van der Waals surface area contributed by atoms with Gasteiger partial charge in [-0.15, -0.1) is 11.3 Å². The molecule has 15 heavy (non-hydrogen) atoms. The lowest BCUT2D eigenvalue weighted by Gasteiger charge is -2.27. The summed E-state index contributed by atoms with van der Waals surface area (Å²) in [7, 11) is 0. The number of halogens is 1. The maximum Gasteiger partial charge on any atom is 0.415 e. The lowest BCUT2D eigenvalue weighted by molar-refractivity contribution is 0.0613. The van der Waals surface area contributed by atoms with E-state index < -0.39 is 17.5 Å². The minimum absolute atomic E-state index is 0.440. The second kappa shape index (κ2) is 3.05. The average molecular weight is 290 g/mol. The maximum absolute atomic E-state index is 11.8. The third-order valence-corrected chi connectivity index (χ3v) is 4.39. The summed E-state index contributed by atoms with van der Waals surface area (Å²) in [6, 6.07) is 1.67. The minimum atomic E-state index is -1.20. The number of carbonyl (C=O) groups excluding carboxylic acids is 1. The fraction of sp³-hybridized carbons (Fsp3) is 0.333. The number of hydrogen-bond acceptors (Lipinski definition) is 3. The number of carbonyl (C=O) groups is 2. The SMILES string of the molecule is CC1(C)c2sc(Br)cc2C(=O)N1C(=O)O. The zero-order valence-electron chi connectivity index (χ0n) is 8.07. The van der Waals surface area contributed by atoms with Gasteiger partial charge in [-0.3, -0.25) is 4.79 Å². The van der Waals surface area contributed by atoms with Gasteiger partial charge >= 0.3 is 6.09 Å². The molecular weight excluding hydrogens is 282 g/mol.